The predicted octanol–water partition coefficient (Wildman–Crippen LogP) is 0.630. The number of hydrogen-bond donors (Lipinski definition) is 2. The van der Waals surface area contributed by atoms with E-state index >= 15 is 0 Å². The van der Waals surface area contributed by atoms with Crippen molar-refractivity contribution in [1.29, 1.82) is 0 Å². The van der Waals surface area contributed by atoms with Gasteiger partial charge in [-0.3, -0.25) is 4.79 Å². The van der Waals surface area contributed by atoms with Crippen molar-refractivity contribution >= 4 is 29.0 Å². The fourth-order valence-electron chi connectivity index (χ4n) is 1.78. The van der Waals surface area contributed by atoms with Gasteiger partial charge in [0, 0.05) is 22.2 Å². The normalized spacial score (nSPS) is 13.9. The fraction of sp³-hybridized carbons (Fsp3) is 0.500. The molecule has 0 aliphatic rings. The minimum atomic E-state index is -0.204. The van der Waals surface area contributed by atoms with Gasteiger partial charge in [0.1, 0.15) is 6.54 Å². The van der Waals surface area contributed by atoms with E-state index in [1.165, 1.54) is 16.6 Å². The first kappa shape index (κ1) is 15.9. The van der Waals surface area contributed by atoms with Gasteiger partial charge in [-0.1, -0.05) is 0 Å². The topological polar surface area (TPSA) is 92.9 Å². The Morgan fingerprint density at radius 3 is 3.05 bits per heavy atom. The van der Waals surface area contributed by atoms with Crippen molar-refractivity contribution < 1.29 is 9.90 Å². The third kappa shape index (κ3) is 4.26. The first-order valence-corrected chi connectivity index (χ1v) is 8.60. The van der Waals surface area contributed by atoms with Crippen LogP contribution in [-0.2, 0) is 11.3 Å². The Bertz CT molecular complexity index is 568. The summed E-state index contributed by atoms with van der Waals surface area (Å²) in [4.78, 5) is 13.2. The number of thioether (sulfide) groups is 1. The molecule has 0 aliphatic carbocycles. The van der Waals surface area contributed by atoms with Crippen molar-refractivity contribution in [2.24, 2.45) is 0 Å². The van der Waals surface area contributed by atoms with E-state index in [4.69, 9.17) is 0 Å². The molecule has 2 atom stereocenters. The second-order valence-electron chi connectivity index (χ2n) is 4.47. The molecule has 2 aromatic rings. The standard InChI is InChI=1S/C12H17N5O2S2/c1-8(10(6-18)20-2)13-11(19)5-17-15-12(14-16-17)9-3-4-21-7-9/h3-4,7-8,10,18H,5-6H2,1-2H3,(H,13,19). The van der Waals surface area contributed by atoms with Crippen molar-refractivity contribution in [2.75, 3.05) is 12.9 Å². The summed E-state index contributed by atoms with van der Waals surface area (Å²) < 4.78 is 0. The summed E-state index contributed by atoms with van der Waals surface area (Å²) in [6.45, 7) is 1.89. The van der Waals surface area contributed by atoms with Crippen LogP contribution < -0.4 is 5.32 Å². The number of aliphatic hydroxyl groups is 1. The molecule has 2 rings (SSSR count). The summed E-state index contributed by atoms with van der Waals surface area (Å²) >= 11 is 3.07. The van der Waals surface area contributed by atoms with Gasteiger partial charge in [0.05, 0.1) is 6.61 Å². The summed E-state index contributed by atoms with van der Waals surface area (Å²) in [6.07, 6.45) is 1.90. The van der Waals surface area contributed by atoms with E-state index in [0.717, 1.165) is 5.56 Å². The number of hydrogen-bond acceptors (Lipinski definition) is 7. The highest BCUT2D eigenvalue weighted by Gasteiger charge is 2.18. The van der Waals surface area contributed by atoms with Crippen LogP contribution in [0, 0.1) is 0 Å². The average Bonchev–Trinajstić information content (AvgIpc) is 3.10. The highest BCUT2D eigenvalue weighted by atomic mass is 32.2. The SMILES string of the molecule is CSC(CO)C(C)NC(=O)Cn1nnc(-c2ccsc2)n1. The number of nitrogens with one attached hydrogen (secondary N) is 1. The third-order valence-corrected chi connectivity index (χ3v) is 4.79. The summed E-state index contributed by atoms with van der Waals surface area (Å²) in [7, 11) is 0. The molecule has 0 aliphatic heterocycles. The number of aromatic nitrogens is 4. The van der Waals surface area contributed by atoms with Gasteiger partial charge in [-0.25, -0.2) is 0 Å². The largest absolute Gasteiger partial charge is 0.395 e. The molecule has 1 amide bonds. The van der Waals surface area contributed by atoms with Gasteiger partial charge in [0.2, 0.25) is 11.7 Å². The Balaban J connectivity index is 1.91. The van der Waals surface area contributed by atoms with Gasteiger partial charge in [0.25, 0.3) is 0 Å². The van der Waals surface area contributed by atoms with E-state index in [2.05, 4.69) is 20.7 Å². The van der Waals surface area contributed by atoms with Crippen LogP contribution in [0.3, 0.4) is 0 Å². The molecule has 2 aromatic heterocycles. The molecular weight excluding hydrogens is 310 g/mol. The Labute approximate surface area is 130 Å². The first-order chi connectivity index (χ1) is 10.1. The molecule has 0 radical (unpaired) electrons. The van der Waals surface area contributed by atoms with Crippen LogP contribution in [0.15, 0.2) is 16.8 Å². The lowest BCUT2D eigenvalue weighted by Gasteiger charge is -2.20. The average molecular weight is 327 g/mol. The van der Waals surface area contributed by atoms with Crippen molar-refractivity contribution in [3.05, 3.63) is 16.8 Å². The zero-order valence-corrected chi connectivity index (χ0v) is 13.4. The molecule has 0 spiro atoms. The van der Waals surface area contributed by atoms with Crippen LogP contribution in [0.25, 0.3) is 11.4 Å². The smallest absolute Gasteiger partial charge is 0.243 e. The lowest BCUT2D eigenvalue weighted by atomic mass is 10.2. The first-order valence-electron chi connectivity index (χ1n) is 6.37. The van der Waals surface area contributed by atoms with Crippen molar-refractivity contribution in [3.8, 4) is 11.4 Å². The predicted molar refractivity (Wildman–Crippen MR) is 83.1 cm³/mol. The Morgan fingerprint density at radius 1 is 1.62 bits per heavy atom. The number of nitrogens with zero attached hydrogens (tertiary/aromatic N) is 4. The van der Waals surface area contributed by atoms with Gasteiger partial charge < -0.3 is 10.4 Å². The zero-order chi connectivity index (χ0) is 15.2. The van der Waals surface area contributed by atoms with Crippen LogP contribution in [0.2, 0.25) is 0 Å². The van der Waals surface area contributed by atoms with Crippen LogP contribution in [0.5, 0.6) is 0 Å². The fourth-order valence-corrected chi connectivity index (χ4v) is 3.03. The maximum Gasteiger partial charge on any atom is 0.243 e. The van der Waals surface area contributed by atoms with Crippen LogP contribution >= 0.6 is 23.1 Å². The van der Waals surface area contributed by atoms with Crippen molar-refractivity contribution in [3.63, 3.8) is 0 Å². The van der Waals surface area contributed by atoms with Gasteiger partial charge >= 0.3 is 0 Å². The molecule has 0 aromatic carbocycles. The summed E-state index contributed by atoms with van der Waals surface area (Å²) in [6, 6.07) is 1.77. The van der Waals surface area contributed by atoms with E-state index in [1.807, 2.05) is 30.0 Å². The van der Waals surface area contributed by atoms with E-state index < -0.39 is 0 Å². The minimum absolute atomic E-state index is 0.00794. The van der Waals surface area contributed by atoms with Gasteiger partial charge in [-0.2, -0.15) is 27.9 Å². The Kier molecular flexibility index (Phi) is 5.71. The number of carbonyl (C=O) groups excluding carboxylic acids is 1. The zero-order valence-electron chi connectivity index (χ0n) is 11.8. The highest BCUT2D eigenvalue weighted by Crippen LogP contribution is 2.16. The summed E-state index contributed by atoms with van der Waals surface area (Å²) in [5.74, 6) is 0.304. The van der Waals surface area contributed by atoms with Crippen molar-refractivity contribution in [1.82, 2.24) is 25.5 Å². The molecule has 0 saturated carbocycles. The lowest BCUT2D eigenvalue weighted by molar-refractivity contribution is -0.122. The second-order valence-corrected chi connectivity index (χ2v) is 6.33. The van der Waals surface area contributed by atoms with Gasteiger partial charge in [-0.15, -0.1) is 10.2 Å². The maximum atomic E-state index is 11.9. The molecule has 7 nitrogen and oxygen atoms in total. The molecule has 0 saturated heterocycles. The van der Waals surface area contributed by atoms with E-state index in [0.29, 0.717) is 5.82 Å². The molecule has 2 unspecified atom stereocenters. The number of rotatable bonds is 7. The monoisotopic (exact) mass is 327 g/mol. The molecule has 0 fully saturated rings. The molecule has 2 heterocycles. The molecule has 0 bridgehead atoms. The van der Waals surface area contributed by atoms with Gasteiger partial charge in [-0.05, 0) is 29.8 Å². The number of aliphatic hydroxyl groups excluding tert-OH is 1. The summed E-state index contributed by atoms with van der Waals surface area (Å²) in [5, 5.41) is 27.8. The van der Waals surface area contributed by atoms with E-state index in [1.54, 1.807) is 11.3 Å². The quantitative estimate of drug-likeness (QED) is 0.775. The molecule has 21 heavy (non-hydrogen) atoms. The van der Waals surface area contributed by atoms with Crippen LogP contribution in [0.1, 0.15) is 6.92 Å². The van der Waals surface area contributed by atoms with Crippen LogP contribution in [0.4, 0.5) is 0 Å². The molecule has 114 valence electrons. The summed E-state index contributed by atoms with van der Waals surface area (Å²) in [5.41, 5.74) is 0.891. The second kappa shape index (κ2) is 7.53. The number of carbonyl (C=O) groups is 1. The van der Waals surface area contributed by atoms with Gasteiger partial charge in [0.15, 0.2) is 0 Å². The number of tetrazole rings is 1. The molecule has 9 heteroatoms. The molecular formula is C12H17N5O2S2. The van der Waals surface area contributed by atoms with Crippen LogP contribution in [-0.4, -0.2) is 55.4 Å². The van der Waals surface area contributed by atoms with Crippen molar-refractivity contribution in [2.45, 2.75) is 24.8 Å². The van der Waals surface area contributed by atoms with E-state index in [9.17, 15) is 9.90 Å². The van der Waals surface area contributed by atoms with E-state index in [-0.39, 0.29) is 30.4 Å². The highest BCUT2D eigenvalue weighted by molar-refractivity contribution is 7.99. The number of amides is 1. The lowest BCUT2D eigenvalue weighted by Crippen LogP contribution is -2.42. The Morgan fingerprint density at radius 2 is 2.43 bits per heavy atom. The number of thiophene rings is 1. The molecule has 2 N–H and O–H groups in total. The Hall–Kier alpha value is -1.45. The maximum absolute atomic E-state index is 11.9. The third-order valence-electron chi connectivity index (χ3n) is 2.95. The minimum Gasteiger partial charge on any atom is -0.395 e.